The molecular formula is C10H15NS2. The number of aryl methyl sites for hydroxylation is 1. The summed E-state index contributed by atoms with van der Waals surface area (Å²) in [6.07, 6.45) is 1.31. The number of nitrogens with one attached hydrogen (secondary N) is 1. The van der Waals surface area contributed by atoms with Gasteiger partial charge < -0.3 is 5.32 Å². The average Bonchev–Trinajstić information content (AvgIpc) is 2.43. The quantitative estimate of drug-likeness (QED) is 0.770. The molecule has 1 saturated heterocycles. The highest BCUT2D eigenvalue weighted by Gasteiger charge is 2.14. The fourth-order valence-corrected chi connectivity index (χ4v) is 3.64. The highest BCUT2D eigenvalue weighted by molar-refractivity contribution is 7.99. The van der Waals surface area contributed by atoms with E-state index in [0.717, 1.165) is 0 Å². The van der Waals surface area contributed by atoms with Gasteiger partial charge in [-0.05, 0) is 37.8 Å². The minimum Gasteiger partial charge on any atom is -0.309 e. The molecule has 13 heavy (non-hydrogen) atoms. The molecule has 1 fully saturated rings. The van der Waals surface area contributed by atoms with Gasteiger partial charge in [0.25, 0.3) is 0 Å². The SMILES string of the molecule is Cc1ccc(C2CSCCCN2)s1. The van der Waals surface area contributed by atoms with Gasteiger partial charge in [-0.2, -0.15) is 11.8 Å². The third-order valence-electron chi connectivity index (χ3n) is 2.25. The Balaban J connectivity index is 2.06. The van der Waals surface area contributed by atoms with E-state index in [9.17, 15) is 0 Å². The maximum Gasteiger partial charge on any atom is 0.0506 e. The Hall–Kier alpha value is 0.01000. The lowest BCUT2D eigenvalue weighted by Gasteiger charge is -2.12. The van der Waals surface area contributed by atoms with Crippen molar-refractivity contribution in [2.24, 2.45) is 0 Å². The van der Waals surface area contributed by atoms with Crippen LogP contribution in [0.25, 0.3) is 0 Å². The molecule has 1 aliphatic rings. The molecule has 2 rings (SSSR count). The van der Waals surface area contributed by atoms with Crippen LogP contribution in [0.4, 0.5) is 0 Å². The Labute approximate surface area is 87.9 Å². The predicted molar refractivity (Wildman–Crippen MR) is 61.7 cm³/mol. The van der Waals surface area contributed by atoms with Crippen molar-refractivity contribution in [2.75, 3.05) is 18.1 Å². The first-order valence-electron chi connectivity index (χ1n) is 4.74. The molecule has 3 heteroatoms. The van der Waals surface area contributed by atoms with Gasteiger partial charge in [-0.15, -0.1) is 11.3 Å². The zero-order valence-electron chi connectivity index (χ0n) is 7.88. The first-order valence-corrected chi connectivity index (χ1v) is 6.71. The lowest BCUT2D eigenvalue weighted by Crippen LogP contribution is -2.21. The van der Waals surface area contributed by atoms with Crippen molar-refractivity contribution in [1.82, 2.24) is 5.32 Å². The molecule has 1 unspecified atom stereocenters. The maximum atomic E-state index is 3.60. The van der Waals surface area contributed by atoms with Crippen molar-refractivity contribution in [1.29, 1.82) is 0 Å². The number of thiophene rings is 1. The number of hydrogen-bond donors (Lipinski definition) is 1. The maximum absolute atomic E-state index is 3.60. The number of thioether (sulfide) groups is 1. The van der Waals surface area contributed by atoms with Crippen molar-refractivity contribution < 1.29 is 0 Å². The molecule has 0 bridgehead atoms. The zero-order chi connectivity index (χ0) is 9.10. The Morgan fingerprint density at radius 3 is 3.15 bits per heavy atom. The minimum atomic E-state index is 0.603. The molecule has 1 aliphatic heterocycles. The molecule has 72 valence electrons. The summed E-state index contributed by atoms with van der Waals surface area (Å²) in [5.41, 5.74) is 0. The largest absolute Gasteiger partial charge is 0.309 e. The Morgan fingerprint density at radius 2 is 2.38 bits per heavy atom. The van der Waals surface area contributed by atoms with E-state index in [0.29, 0.717) is 6.04 Å². The van der Waals surface area contributed by atoms with Crippen LogP contribution in [0.2, 0.25) is 0 Å². The van der Waals surface area contributed by atoms with E-state index in [2.05, 4.69) is 36.1 Å². The number of rotatable bonds is 1. The van der Waals surface area contributed by atoms with Crippen LogP contribution in [0.3, 0.4) is 0 Å². The molecule has 0 spiro atoms. The van der Waals surface area contributed by atoms with Crippen LogP contribution in [-0.2, 0) is 0 Å². The third kappa shape index (κ3) is 2.48. The van der Waals surface area contributed by atoms with Gasteiger partial charge in [-0.1, -0.05) is 0 Å². The zero-order valence-corrected chi connectivity index (χ0v) is 9.51. The molecule has 1 aromatic rings. The first kappa shape index (κ1) is 9.56. The molecule has 0 amide bonds. The molecule has 1 nitrogen and oxygen atoms in total. The number of hydrogen-bond acceptors (Lipinski definition) is 3. The third-order valence-corrected chi connectivity index (χ3v) is 4.51. The van der Waals surface area contributed by atoms with Gasteiger partial charge in [0, 0.05) is 15.5 Å². The fraction of sp³-hybridized carbons (Fsp3) is 0.600. The fourth-order valence-electron chi connectivity index (χ4n) is 1.53. The monoisotopic (exact) mass is 213 g/mol. The van der Waals surface area contributed by atoms with E-state index >= 15 is 0 Å². The van der Waals surface area contributed by atoms with Crippen molar-refractivity contribution in [2.45, 2.75) is 19.4 Å². The molecule has 2 heterocycles. The van der Waals surface area contributed by atoms with Gasteiger partial charge in [0.2, 0.25) is 0 Å². The average molecular weight is 213 g/mol. The van der Waals surface area contributed by atoms with E-state index in [1.165, 1.54) is 34.2 Å². The van der Waals surface area contributed by atoms with Gasteiger partial charge in [-0.3, -0.25) is 0 Å². The Bertz CT molecular complexity index is 262. The van der Waals surface area contributed by atoms with Gasteiger partial charge in [0.15, 0.2) is 0 Å². The predicted octanol–water partition coefficient (Wildman–Crippen LogP) is 2.82. The van der Waals surface area contributed by atoms with Crippen molar-refractivity contribution in [3.8, 4) is 0 Å². The summed E-state index contributed by atoms with van der Waals surface area (Å²) in [6.45, 7) is 3.35. The van der Waals surface area contributed by atoms with Crippen LogP contribution < -0.4 is 5.32 Å². The summed E-state index contributed by atoms with van der Waals surface area (Å²) in [7, 11) is 0. The molecule has 1 aromatic heterocycles. The van der Waals surface area contributed by atoms with Gasteiger partial charge in [0.1, 0.15) is 0 Å². The first-order chi connectivity index (χ1) is 6.36. The molecule has 1 N–H and O–H groups in total. The van der Waals surface area contributed by atoms with Gasteiger partial charge >= 0.3 is 0 Å². The molecule has 0 radical (unpaired) electrons. The van der Waals surface area contributed by atoms with Crippen LogP contribution >= 0.6 is 23.1 Å². The van der Waals surface area contributed by atoms with Crippen LogP contribution in [-0.4, -0.2) is 18.1 Å². The van der Waals surface area contributed by atoms with Crippen LogP contribution in [0.1, 0.15) is 22.2 Å². The lowest BCUT2D eigenvalue weighted by atomic mass is 10.2. The summed E-state index contributed by atoms with van der Waals surface area (Å²) in [4.78, 5) is 2.93. The van der Waals surface area contributed by atoms with E-state index < -0.39 is 0 Å². The minimum absolute atomic E-state index is 0.603. The standard InChI is InChI=1S/C10H15NS2/c1-8-3-4-10(13-8)9-7-12-6-2-5-11-9/h3-4,9,11H,2,5-7H2,1H3. The summed E-state index contributed by atoms with van der Waals surface area (Å²) in [5.74, 6) is 2.55. The highest BCUT2D eigenvalue weighted by atomic mass is 32.2. The molecule has 0 saturated carbocycles. The molecule has 1 atom stereocenters. The smallest absolute Gasteiger partial charge is 0.0506 e. The van der Waals surface area contributed by atoms with E-state index in [1.807, 2.05) is 11.3 Å². The summed E-state index contributed by atoms with van der Waals surface area (Å²) >= 11 is 4.00. The summed E-state index contributed by atoms with van der Waals surface area (Å²) in [6, 6.07) is 5.09. The van der Waals surface area contributed by atoms with Crippen LogP contribution in [0.5, 0.6) is 0 Å². The topological polar surface area (TPSA) is 12.0 Å². The van der Waals surface area contributed by atoms with Crippen LogP contribution in [0, 0.1) is 6.92 Å². The lowest BCUT2D eigenvalue weighted by molar-refractivity contribution is 0.597. The van der Waals surface area contributed by atoms with E-state index in [-0.39, 0.29) is 0 Å². The summed E-state index contributed by atoms with van der Waals surface area (Å²) < 4.78 is 0. The van der Waals surface area contributed by atoms with E-state index in [1.54, 1.807) is 0 Å². The second kappa shape index (κ2) is 4.49. The van der Waals surface area contributed by atoms with Crippen molar-refractivity contribution in [3.05, 3.63) is 21.9 Å². The van der Waals surface area contributed by atoms with Crippen molar-refractivity contribution >= 4 is 23.1 Å². The summed E-state index contributed by atoms with van der Waals surface area (Å²) in [5, 5.41) is 3.60. The normalized spacial score (nSPS) is 24.2. The molecule has 0 aromatic carbocycles. The van der Waals surface area contributed by atoms with Crippen molar-refractivity contribution in [3.63, 3.8) is 0 Å². The van der Waals surface area contributed by atoms with Gasteiger partial charge in [-0.25, -0.2) is 0 Å². The van der Waals surface area contributed by atoms with Gasteiger partial charge in [0.05, 0.1) is 6.04 Å². The molecule has 0 aliphatic carbocycles. The Kier molecular flexibility index (Phi) is 3.30. The second-order valence-corrected chi connectivity index (χ2v) is 5.85. The second-order valence-electron chi connectivity index (χ2n) is 3.38. The van der Waals surface area contributed by atoms with E-state index in [4.69, 9.17) is 0 Å². The van der Waals surface area contributed by atoms with Crippen LogP contribution in [0.15, 0.2) is 12.1 Å². The molecular weight excluding hydrogens is 198 g/mol. The Morgan fingerprint density at radius 1 is 1.46 bits per heavy atom. The highest BCUT2D eigenvalue weighted by Crippen LogP contribution is 2.27.